The third-order valence-electron chi connectivity index (χ3n) is 5.58. The Morgan fingerprint density at radius 2 is 2.14 bits per heavy atom. The van der Waals surface area contributed by atoms with Crippen LogP contribution in [0.5, 0.6) is 5.75 Å². The number of hydrogen-bond donors (Lipinski definition) is 0. The van der Waals surface area contributed by atoms with Crippen LogP contribution in [0.15, 0.2) is 30.4 Å². The molecule has 4 unspecified atom stereocenters. The molecule has 0 saturated heterocycles. The molecule has 1 aromatic rings. The molecule has 0 spiro atoms. The topological polar surface area (TPSA) is 9.23 Å². The fraction of sp³-hybridized carbons (Fsp3) is 0.600. The zero-order chi connectivity index (χ0) is 16.3. The Labute approximate surface area is 140 Å². The van der Waals surface area contributed by atoms with E-state index in [1.54, 1.807) is 7.11 Å². The van der Waals surface area contributed by atoms with Gasteiger partial charge in [-0.2, -0.15) is 0 Å². The van der Waals surface area contributed by atoms with E-state index in [1.807, 2.05) is 12.1 Å². The number of ether oxygens (including phenoxy) is 1. The van der Waals surface area contributed by atoms with Gasteiger partial charge in [-0.15, -0.1) is 0 Å². The summed E-state index contributed by atoms with van der Waals surface area (Å²) < 4.78 is 5.26. The van der Waals surface area contributed by atoms with E-state index in [9.17, 15) is 0 Å². The van der Waals surface area contributed by atoms with Crippen LogP contribution in [-0.4, -0.2) is 7.11 Å². The van der Waals surface area contributed by atoms with Crippen LogP contribution in [0.4, 0.5) is 0 Å². The Bertz CT molecular complexity index is 537. The van der Waals surface area contributed by atoms with Gasteiger partial charge in [0.1, 0.15) is 5.75 Å². The normalized spacial score (nSPS) is 25.0. The highest BCUT2D eigenvalue weighted by atomic mass is 35.5. The maximum Gasteiger partial charge on any atom is 0.120 e. The Morgan fingerprint density at radius 3 is 2.68 bits per heavy atom. The third kappa shape index (κ3) is 3.35. The quantitative estimate of drug-likeness (QED) is 0.523. The van der Waals surface area contributed by atoms with Crippen molar-refractivity contribution < 1.29 is 4.74 Å². The Hall–Kier alpha value is -0.950. The highest BCUT2D eigenvalue weighted by Gasteiger charge is 2.51. The summed E-state index contributed by atoms with van der Waals surface area (Å²) in [5.74, 6) is 2.79. The van der Waals surface area contributed by atoms with Crippen molar-refractivity contribution in [3.63, 3.8) is 0 Å². The molecular weight excluding hydrogens is 292 g/mol. The van der Waals surface area contributed by atoms with E-state index in [0.717, 1.165) is 17.2 Å². The van der Waals surface area contributed by atoms with Crippen LogP contribution >= 0.6 is 11.6 Å². The first-order chi connectivity index (χ1) is 10.5. The number of benzene rings is 1. The lowest BCUT2D eigenvalue weighted by atomic mass is 9.71. The van der Waals surface area contributed by atoms with Crippen LogP contribution in [0.2, 0.25) is 5.02 Å². The number of methoxy groups -OCH3 is 1. The molecule has 0 aliphatic heterocycles. The Morgan fingerprint density at radius 1 is 1.41 bits per heavy atom. The maximum absolute atomic E-state index is 6.48. The zero-order valence-corrected chi connectivity index (χ0v) is 15.3. The predicted molar refractivity (Wildman–Crippen MR) is 95.8 cm³/mol. The zero-order valence-electron chi connectivity index (χ0n) is 14.5. The van der Waals surface area contributed by atoms with E-state index in [-0.39, 0.29) is 5.41 Å². The van der Waals surface area contributed by atoms with Gasteiger partial charge in [0.25, 0.3) is 0 Å². The number of allylic oxidation sites excluding steroid dienone is 2. The Balaban J connectivity index is 2.23. The molecule has 0 radical (unpaired) electrons. The second kappa shape index (κ2) is 7.08. The van der Waals surface area contributed by atoms with E-state index in [0.29, 0.717) is 17.8 Å². The highest BCUT2D eigenvalue weighted by Crippen LogP contribution is 2.61. The van der Waals surface area contributed by atoms with Gasteiger partial charge in [0, 0.05) is 5.02 Å². The van der Waals surface area contributed by atoms with E-state index in [1.165, 1.54) is 18.4 Å². The van der Waals surface area contributed by atoms with Gasteiger partial charge in [0.15, 0.2) is 0 Å². The largest absolute Gasteiger partial charge is 0.497 e. The summed E-state index contributed by atoms with van der Waals surface area (Å²) >= 11 is 6.48. The molecule has 0 amide bonds. The van der Waals surface area contributed by atoms with Crippen LogP contribution in [-0.2, 0) is 0 Å². The minimum Gasteiger partial charge on any atom is -0.497 e. The van der Waals surface area contributed by atoms with Crippen molar-refractivity contribution in [3.8, 4) is 5.75 Å². The summed E-state index contributed by atoms with van der Waals surface area (Å²) in [6.45, 7) is 9.30. The fourth-order valence-electron chi connectivity index (χ4n) is 3.63. The molecule has 0 bridgehead atoms. The molecular formula is C20H29ClO. The van der Waals surface area contributed by atoms with Gasteiger partial charge in [-0.25, -0.2) is 0 Å². The molecule has 1 fully saturated rings. The molecule has 0 N–H and O–H groups in total. The number of halogens is 1. The average molecular weight is 321 g/mol. The minimum absolute atomic E-state index is 0.263. The monoisotopic (exact) mass is 320 g/mol. The summed E-state index contributed by atoms with van der Waals surface area (Å²) in [5.41, 5.74) is 1.55. The summed E-state index contributed by atoms with van der Waals surface area (Å²) in [4.78, 5) is 0. The predicted octanol–water partition coefficient (Wildman–Crippen LogP) is 6.47. The molecule has 1 aliphatic carbocycles. The molecule has 2 heteroatoms. The van der Waals surface area contributed by atoms with Gasteiger partial charge in [0.05, 0.1) is 7.11 Å². The van der Waals surface area contributed by atoms with Crippen LogP contribution in [0.3, 0.4) is 0 Å². The molecule has 122 valence electrons. The molecule has 1 saturated carbocycles. The van der Waals surface area contributed by atoms with Crippen molar-refractivity contribution in [2.75, 3.05) is 7.11 Å². The standard InChI is InChI=1S/C20H29ClO/c1-6-8-11-20(4,14(3)7-2)18-13-17(18)16-10-9-15(22-5)12-19(16)21/h8-12,14,17-18H,6-7,13H2,1-5H3/b11-8-. The lowest BCUT2D eigenvalue weighted by Crippen LogP contribution is -2.26. The van der Waals surface area contributed by atoms with Gasteiger partial charge < -0.3 is 4.74 Å². The van der Waals surface area contributed by atoms with Crippen molar-refractivity contribution >= 4 is 11.6 Å². The van der Waals surface area contributed by atoms with E-state index in [2.05, 4.69) is 45.9 Å². The van der Waals surface area contributed by atoms with Gasteiger partial charge in [-0.05, 0) is 53.7 Å². The van der Waals surface area contributed by atoms with Gasteiger partial charge in [0.2, 0.25) is 0 Å². The minimum atomic E-state index is 0.263. The molecule has 22 heavy (non-hydrogen) atoms. The van der Waals surface area contributed by atoms with E-state index < -0.39 is 0 Å². The molecule has 0 heterocycles. The first-order valence-corrected chi connectivity index (χ1v) is 8.86. The third-order valence-corrected chi connectivity index (χ3v) is 5.91. The summed E-state index contributed by atoms with van der Waals surface area (Å²) in [7, 11) is 1.68. The van der Waals surface area contributed by atoms with Crippen molar-refractivity contribution in [1.29, 1.82) is 0 Å². The summed E-state index contributed by atoms with van der Waals surface area (Å²) in [6, 6.07) is 6.11. The smallest absolute Gasteiger partial charge is 0.120 e. The fourth-order valence-corrected chi connectivity index (χ4v) is 3.94. The number of rotatable bonds is 7. The molecule has 4 atom stereocenters. The average Bonchev–Trinajstić information content (AvgIpc) is 3.32. The summed E-state index contributed by atoms with van der Waals surface area (Å²) in [5, 5.41) is 0.845. The van der Waals surface area contributed by atoms with Crippen LogP contribution in [0, 0.1) is 17.3 Å². The number of hydrogen-bond acceptors (Lipinski definition) is 1. The Kier molecular flexibility index (Phi) is 5.60. The first-order valence-electron chi connectivity index (χ1n) is 8.49. The van der Waals surface area contributed by atoms with E-state index in [4.69, 9.17) is 16.3 Å². The van der Waals surface area contributed by atoms with E-state index >= 15 is 0 Å². The lowest BCUT2D eigenvalue weighted by molar-refractivity contribution is 0.224. The molecule has 2 rings (SSSR count). The second-order valence-corrected chi connectivity index (χ2v) is 7.23. The molecule has 0 aromatic heterocycles. The lowest BCUT2D eigenvalue weighted by Gasteiger charge is -2.33. The molecule has 1 nitrogen and oxygen atoms in total. The van der Waals surface area contributed by atoms with Crippen LogP contribution in [0.25, 0.3) is 0 Å². The SMILES string of the molecule is CC/C=C\C(C)(C(C)CC)C1CC1c1ccc(OC)cc1Cl. The second-order valence-electron chi connectivity index (χ2n) is 6.82. The van der Waals surface area contributed by atoms with Crippen molar-refractivity contribution in [2.24, 2.45) is 17.3 Å². The summed E-state index contributed by atoms with van der Waals surface area (Å²) in [6.07, 6.45) is 8.35. The first kappa shape index (κ1) is 17.4. The van der Waals surface area contributed by atoms with Gasteiger partial charge in [-0.1, -0.05) is 63.9 Å². The van der Waals surface area contributed by atoms with Crippen molar-refractivity contribution in [2.45, 2.75) is 52.9 Å². The van der Waals surface area contributed by atoms with Crippen LogP contribution < -0.4 is 4.74 Å². The van der Waals surface area contributed by atoms with Crippen molar-refractivity contribution in [3.05, 3.63) is 40.9 Å². The van der Waals surface area contributed by atoms with Crippen molar-refractivity contribution in [1.82, 2.24) is 0 Å². The van der Waals surface area contributed by atoms with Crippen LogP contribution in [0.1, 0.15) is 58.4 Å². The van der Waals surface area contributed by atoms with Gasteiger partial charge >= 0.3 is 0 Å². The highest BCUT2D eigenvalue weighted by molar-refractivity contribution is 6.31. The van der Waals surface area contributed by atoms with Gasteiger partial charge in [-0.3, -0.25) is 0 Å². The molecule has 1 aromatic carbocycles. The maximum atomic E-state index is 6.48. The molecule has 1 aliphatic rings.